The number of carbonyl (C=O) groups excluding carboxylic acids is 1. The van der Waals surface area contributed by atoms with E-state index < -0.39 is 5.82 Å². The Labute approximate surface area is 100 Å². The molecule has 4 heteroatoms. The molecule has 1 rings (SSSR count). The van der Waals surface area contributed by atoms with Gasteiger partial charge >= 0.3 is 0 Å². The normalized spacial score (nSPS) is 10.2. The van der Waals surface area contributed by atoms with Crippen molar-refractivity contribution in [2.24, 2.45) is 0 Å². The highest BCUT2D eigenvalue weighted by Gasteiger charge is 2.12. The van der Waals surface area contributed by atoms with Crippen LogP contribution < -0.4 is 0 Å². The van der Waals surface area contributed by atoms with E-state index in [4.69, 9.17) is 11.6 Å². The Bertz CT molecular complexity index is 381. The van der Waals surface area contributed by atoms with Crippen LogP contribution in [0.3, 0.4) is 0 Å². The molecule has 0 atom stereocenters. The fourth-order valence-electron chi connectivity index (χ4n) is 1.35. The molecule has 0 spiro atoms. The monoisotopic (exact) mass is 243 g/mol. The molecule has 0 aromatic heterocycles. The summed E-state index contributed by atoms with van der Waals surface area (Å²) in [4.78, 5) is 13.5. The third-order valence-electron chi connectivity index (χ3n) is 2.36. The standard InChI is InChI=1S/C12H15ClFNO/c1-3-4-7-15(2)12(16)9-5-6-11(14)10(13)8-9/h5-6,8H,3-4,7H2,1-2H3. The second kappa shape index (κ2) is 5.85. The average molecular weight is 244 g/mol. The van der Waals surface area contributed by atoms with Gasteiger partial charge in [0.1, 0.15) is 5.82 Å². The van der Waals surface area contributed by atoms with Crippen molar-refractivity contribution >= 4 is 17.5 Å². The minimum atomic E-state index is -0.505. The van der Waals surface area contributed by atoms with Crippen molar-refractivity contribution in [2.75, 3.05) is 13.6 Å². The second-order valence-electron chi connectivity index (χ2n) is 3.71. The highest BCUT2D eigenvalue weighted by atomic mass is 35.5. The van der Waals surface area contributed by atoms with Gasteiger partial charge in [-0.1, -0.05) is 24.9 Å². The molecule has 0 aliphatic carbocycles. The Morgan fingerprint density at radius 1 is 1.50 bits per heavy atom. The molecule has 1 aromatic rings. The molecule has 0 aliphatic rings. The average Bonchev–Trinajstić information content (AvgIpc) is 2.28. The van der Waals surface area contributed by atoms with Crippen molar-refractivity contribution in [1.82, 2.24) is 4.90 Å². The second-order valence-corrected chi connectivity index (χ2v) is 4.12. The van der Waals surface area contributed by atoms with Crippen molar-refractivity contribution in [2.45, 2.75) is 19.8 Å². The van der Waals surface area contributed by atoms with Crippen LogP contribution >= 0.6 is 11.6 Å². The molecule has 0 aliphatic heterocycles. The van der Waals surface area contributed by atoms with Gasteiger partial charge in [0.15, 0.2) is 0 Å². The molecule has 0 unspecified atom stereocenters. The molecule has 0 heterocycles. The van der Waals surface area contributed by atoms with Gasteiger partial charge in [-0.05, 0) is 24.6 Å². The first-order valence-corrected chi connectivity index (χ1v) is 5.64. The first-order chi connectivity index (χ1) is 7.56. The summed E-state index contributed by atoms with van der Waals surface area (Å²) in [6.07, 6.45) is 1.99. The third kappa shape index (κ3) is 3.20. The lowest BCUT2D eigenvalue weighted by molar-refractivity contribution is 0.0793. The number of amides is 1. The van der Waals surface area contributed by atoms with Gasteiger partial charge in [-0.2, -0.15) is 0 Å². The molecule has 88 valence electrons. The molecule has 16 heavy (non-hydrogen) atoms. The van der Waals surface area contributed by atoms with Gasteiger partial charge in [0.05, 0.1) is 5.02 Å². The number of nitrogens with zero attached hydrogens (tertiary/aromatic N) is 1. The summed E-state index contributed by atoms with van der Waals surface area (Å²) in [6.45, 7) is 2.76. The molecule has 1 amide bonds. The van der Waals surface area contributed by atoms with Gasteiger partial charge < -0.3 is 4.90 Å². The maximum absolute atomic E-state index is 12.9. The lowest BCUT2D eigenvalue weighted by atomic mass is 10.2. The SMILES string of the molecule is CCCCN(C)C(=O)c1ccc(F)c(Cl)c1. The summed E-state index contributed by atoms with van der Waals surface area (Å²) < 4.78 is 12.9. The van der Waals surface area contributed by atoms with Crippen molar-refractivity contribution in [1.29, 1.82) is 0 Å². The Balaban J connectivity index is 2.76. The van der Waals surface area contributed by atoms with Gasteiger partial charge in [-0.25, -0.2) is 4.39 Å². The number of rotatable bonds is 4. The zero-order valence-corrected chi connectivity index (χ0v) is 10.2. The van der Waals surface area contributed by atoms with Gasteiger partial charge in [0.2, 0.25) is 0 Å². The molecule has 1 aromatic carbocycles. The first kappa shape index (κ1) is 13.0. The summed E-state index contributed by atoms with van der Waals surface area (Å²) in [5, 5.41) is -0.0188. The van der Waals surface area contributed by atoms with Gasteiger partial charge in [0, 0.05) is 19.2 Å². The molecule has 0 bridgehead atoms. The summed E-state index contributed by atoms with van der Waals surface area (Å²) in [6, 6.07) is 4.02. The van der Waals surface area contributed by atoms with Gasteiger partial charge in [-0.3, -0.25) is 4.79 Å². The molecular formula is C12H15ClFNO. The Morgan fingerprint density at radius 2 is 2.19 bits per heavy atom. The Morgan fingerprint density at radius 3 is 2.75 bits per heavy atom. The summed E-state index contributed by atoms with van der Waals surface area (Å²) in [5.74, 6) is -0.634. The van der Waals surface area contributed by atoms with E-state index in [-0.39, 0.29) is 10.9 Å². The topological polar surface area (TPSA) is 20.3 Å². The largest absolute Gasteiger partial charge is 0.342 e. The van der Waals surface area contributed by atoms with Gasteiger partial charge in [-0.15, -0.1) is 0 Å². The van der Waals surface area contributed by atoms with E-state index in [0.29, 0.717) is 12.1 Å². The van der Waals surface area contributed by atoms with E-state index in [0.717, 1.165) is 12.8 Å². The quantitative estimate of drug-likeness (QED) is 0.794. The zero-order valence-electron chi connectivity index (χ0n) is 9.46. The van der Waals surface area contributed by atoms with E-state index >= 15 is 0 Å². The van der Waals surface area contributed by atoms with Crippen LogP contribution in [0.15, 0.2) is 18.2 Å². The van der Waals surface area contributed by atoms with Crippen LogP contribution in [0.5, 0.6) is 0 Å². The number of carbonyl (C=O) groups is 1. The van der Waals surface area contributed by atoms with Crippen LogP contribution in [0, 0.1) is 5.82 Å². The van der Waals surface area contributed by atoms with Crippen LogP contribution in [-0.2, 0) is 0 Å². The number of hydrogen-bond donors (Lipinski definition) is 0. The molecule has 0 saturated heterocycles. The predicted molar refractivity (Wildman–Crippen MR) is 63.3 cm³/mol. The molecule has 2 nitrogen and oxygen atoms in total. The lowest BCUT2D eigenvalue weighted by Gasteiger charge is -2.16. The van der Waals surface area contributed by atoms with Crippen molar-refractivity contribution in [3.63, 3.8) is 0 Å². The van der Waals surface area contributed by atoms with Crippen molar-refractivity contribution in [3.05, 3.63) is 34.6 Å². The van der Waals surface area contributed by atoms with E-state index in [2.05, 4.69) is 6.92 Å². The van der Waals surface area contributed by atoms with Gasteiger partial charge in [0.25, 0.3) is 5.91 Å². The zero-order chi connectivity index (χ0) is 12.1. The highest BCUT2D eigenvalue weighted by Crippen LogP contribution is 2.17. The van der Waals surface area contributed by atoms with E-state index in [1.807, 2.05) is 0 Å². The lowest BCUT2D eigenvalue weighted by Crippen LogP contribution is -2.27. The fourth-order valence-corrected chi connectivity index (χ4v) is 1.53. The Hall–Kier alpha value is -1.09. The van der Waals surface area contributed by atoms with Crippen LogP contribution in [0.25, 0.3) is 0 Å². The van der Waals surface area contributed by atoms with Crippen LogP contribution in [0.2, 0.25) is 5.02 Å². The molecular weight excluding hydrogens is 229 g/mol. The van der Waals surface area contributed by atoms with E-state index in [1.54, 1.807) is 11.9 Å². The summed E-state index contributed by atoms with van der Waals surface area (Å²) in [5.41, 5.74) is 0.421. The van der Waals surface area contributed by atoms with E-state index in [9.17, 15) is 9.18 Å². The molecule has 0 radical (unpaired) electrons. The van der Waals surface area contributed by atoms with Crippen LogP contribution in [0.4, 0.5) is 4.39 Å². The van der Waals surface area contributed by atoms with Crippen LogP contribution in [0.1, 0.15) is 30.1 Å². The minimum Gasteiger partial charge on any atom is -0.342 e. The van der Waals surface area contributed by atoms with Crippen LogP contribution in [-0.4, -0.2) is 24.4 Å². The maximum atomic E-state index is 12.9. The first-order valence-electron chi connectivity index (χ1n) is 5.26. The molecule has 0 N–H and O–H groups in total. The summed E-state index contributed by atoms with van der Waals surface area (Å²) >= 11 is 5.62. The van der Waals surface area contributed by atoms with E-state index in [1.165, 1.54) is 18.2 Å². The molecule has 0 saturated carbocycles. The maximum Gasteiger partial charge on any atom is 0.253 e. The molecule has 0 fully saturated rings. The Kier molecular flexibility index (Phi) is 4.74. The number of halogens is 2. The predicted octanol–water partition coefficient (Wildman–Crippen LogP) is 3.35. The number of benzene rings is 1. The third-order valence-corrected chi connectivity index (χ3v) is 2.65. The number of unbranched alkanes of at least 4 members (excludes halogenated alkanes) is 1. The fraction of sp³-hybridized carbons (Fsp3) is 0.417. The number of hydrogen-bond acceptors (Lipinski definition) is 1. The minimum absolute atomic E-state index is 0.0188. The van der Waals surface area contributed by atoms with Crippen molar-refractivity contribution in [3.8, 4) is 0 Å². The highest BCUT2D eigenvalue weighted by molar-refractivity contribution is 6.31. The summed E-state index contributed by atoms with van der Waals surface area (Å²) in [7, 11) is 1.73. The van der Waals surface area contributed by atoms with Crippen molar-refractivity contribution < 1.29 is 9.18 Å². The smallest absolute Gasteiger partial charge is 0.253 e.